The fourth-order valence-corrected chi connectivity index (χ4v) is 3.00. The van der Waals surface area contributed by atoms with Gasteiger partial charge in [0, 0.05) is 31.9 Å². The molecule has 0 aliphatic carbocycles. The van der Waals surface area contributed by atoms with Crippen LogP contribution in [0.2, 0.25) is 0 Å². The minimum absolute atomic E-state index is 0.0300. The number of benzene rings is 1. The van der Waals surface area contributed by atoms with E-state index in [1.807, 2.05) is 40.8 Å². The van der Waals surface area contributed by atoms with Gasteiger partial charge in [-0.05, 0) is 18.9 Å². The van der Waals surface area contributed by atoms with Gasteiger partial charge in [0.05, 0.1) is 19.0 Å². The number of hydrogen-bond acceptors (Lipinski definition) is 3. The quantitative estimate of drug-likeness (QED) is 0.852. The number of carbonyl (C=O) groups excluding carboxylic acids is 1. The zero-order valence-corrected chi connectivity index (χ0v) is 13.5. The van der Waals surface area contributed by atoms with E-state index in [0.717, 1.165) is 18.5 Å². The predicted molar refractivity (Wildman–Crippen MR) is 87.8 cm³/mol. The molecule has 0 unspecified atom stereocenters. The van der Waals surface area contributed by atoms with Gasteiger partial charge in [-0.15, -0.1) is 0 Å². The minimum Gasteiger partial charge on any atom is -0.367 e. The van der Waals surface area contributed by atoms with Gasteiger partial charge in [0.2, 0.25) is 5.91 Å². The molecule has 5 nitrogen and oxygen atoms in total. The van der Waals surface area contributed by atoms with Crippen molar-refractivity contribution in [3.63, 3.8) is 0 Å². The summed E-state index contributed by atoms with van der Waals surface area (Å²) in [5.74, 6) is 0.209. The first-order valence-electron chi connectivity index (χ1n) is 8.16. The maximum atomic E-state index is 12.5. The lowest BCUT2D eigenvalue weighted by molar-refractivity contribution is -0.145. The Morgan fingerprint density at radius 3 is 2.87 bits per heavy atom. The first-order valence-corrected chi connectivity index (χ1v) is 8.16. The fraction of sp³-hybridized carbons (Fsp3) is 0.444. The van der Waals surface area contributed by atoms with E-state index in [1.54, 1.807) is 12.5 Å². The van der Waals surface area contributed by atoms with Gasteiger partial charge < -0.3 is 14.2 Å². The standard InChI is InChI=1S/C18H23N3O2/c1-15-12-21(13-17(23-15)16-6-3-2-4-7-16)18(22)8-5-10-20-11-9-19-14-20/h2-4,6-7,9,11,14-15,17H,5,8,10,12-13H2,1H3/t15-,17+/m1/s1. The van der Waals surface area contributed by atoms with Gasteiger partial charge in [-0.3, -0.25) is 4.79 Å². The molecule has 0 spiro atoms. The van der Waals surface area contributed by atoms with E-state index >= 15 is 0 Å². The van der Waals surface area contributed by atoms with E-state index in [9.17, 15) is 4.79 Å². The van der Waals surface area contributed by atoms with Crippen LogP contribution in [-0.4, -0.2) is 39.6 Å². The number of carbonyl (C=O) groups is 1. The number of morpholine rings is 1. The summed E-state index contributed by atoms with van der Waals surface area (Å²) in [7, 11) is 0. The smallest absolute Gasteiger partial charge is 0.222 e. The molecule has 1 amide bonds. The summed E-state index contributed by atoms with van der Waals surface area (Å²) in [5.41, 5.74) is 1.13. The number of hydrogen-bond donors (Lipinski definition) is 0. The Balaban J connectivity index is 1.54. The Morgan fingerprint density at radius 1 is 1.30 bits per heavy atom. The summed E-state index contributed by atoms with van der Waals surface area (Å²) in [5, 5.41) is 0. The molecular weight excluding hydrogens is 290 g/mol. The van der Waals surface area contributed by atoms with Crippen LogP contribution in [0.1, 0.15) is 31.4 Å². The van der Waals surface area contributed by atoms with E-state index < -0.39 is 0 Å². The Morgan fingerprint density at radius 2 is 2.13 bits per heavy atom. The van der Waals surface area contributed by atoms with Gasteiger partial charge in [-0.2, -0.15) is 0 Å². The van der Waals surface area contributed by atoms with Crippen LogP contribution in [0.25, 0.3) is 0 Å². The van der Waals surface area contributed by atoms with E-state index in [1.165, 1.54) is 0 Å². The molecule has 23 heavy (non-hydrogen) atoms. The Kier molecular flexibility index (Phi) is 5.08. The van der Waals surface area contributed by atoms with Crippen LogP contribution in [0.15, 0.2) is 49.1 Å². The second-order valence-corrected chi connectivity index (χ2v) is 6.05. The lowest BCUT2D eigenvalue weighted by atomic mass is 10.1. The third-order valence-corrected chi connectivity index (χ3v) is 4.15. The maximum absolute atomic E-state index is 12.5. The zero-order chi connectivity index (χ0) is 16.1. The molecule has 0 N–H and O–H groups in total. The molecule has 1 aromatic heterocycles. The third kappa shape index (κ3) is 4.20. The van der Waals surface area contributed by atoms with Crippen molar-refractivity contribution in [1.82, 2.24) is 14.5 Å². The van der Waals surface area contributed by atoms with Crippen LogP contribution in [0.4, 0.5) is 0 Å². The molecule has 2 heterocycles. The van der Waals surface area contributed by atoms with Gasteiger partial charge in [-0.1, -0.05) is 30.3 Å². The van der Waals surface area contributed by atoms with Gasteiger partial charge in [0.1, 0.15) is 6.10 Å². The van der Waals surface area contributed by atoms with Crippen LogP contribution < -0.4 is 0 Å². The van der Waals surface area contributed by atoms with Crippen LogP contribution in [0, 0.1) is 0 Å². The molecular formula is C18H23N3O2. The largest absolute Gasteiger partial charge is 0.367 e. The van der Waals surface area contributed by atoms with Crippen molar-refractivity contribution >= 4 is 5.91 Å². The van der Waals surface area contributed by atoms with Crippen LogP contribution in [0.3, 0.4) is 0 Å². The Labute approximate surface area is 136 Å². The number of amides is 1. The van der Waals surface area contributed by atoms with E-state index in [2.05, 4.69) is 17.1 Å². The molecule has 0 radical (unpaired) electrons. The topological polar surface area (TPSA) is 47.4 Å². The highest BCUT2D eigenvalue weighted by molar-refractivity contribution is 5.76. The average Bonchev–Trinajstić information content (AvgIpc) is 3.08. The molecule has 5 heteroatoms. The summed E-state index contributed by atoms with van der Waals surface area (Å²) >= 11 is 0. The summed E-state index contributed by atoms with van der Waals surface area (Å²) in [6.45, 7) is 4.17. The highest BCUT2D eigenvalue weighted by Gasteiger charge is 2.28. The molecule has 1 aliphatic rings. The van der Waals surface area contributed by atoms with Crippen molar-refractivity contribution in [1.29, 1.82) is 0 Å². The molecule has 2 atom stereocenters. The number of ether oxygens (including phenoxy) is 1. The van der Waals surface area contributed by atoms with Crippen molar-refractivity contribution in [3.05, 3.63) is 54.6 Å². The molecule has 1 aromatic carbocycles. The van der Waals surface area contributed by atoms with E-state index in [0.29, 0.717) is 19.5 Å². The SMILES string of the molecule is C[C@@H]1CN(C(=O)CCCn2ccnc2)C[C@@H](c2ccccc2)O1. The van der Waals surface area contributed by atoms with Crippen LogP contribution in [0.5, 0.6) is 0 Å². The molecule has 122 valence electrons. The zero-order valence-electron chi connectivity index (χ0n) is 13.5. The highest BCUT2D eigenvalue weighted by Crippen LogP contribution is 2.25. The first kappa shape index (κ1) is 15.7. The van der Waals surface area contributed by atoms with Crippen molar-refractivity contribution in [2.24, 2.45) is 0 Å². The molecule has 0 bridgehead atoms. The summed E-state index contributed by atoms with van der Waals surface area (Å²) in [6.07, 6.45) is 6.89. The fourth-order valence-electron chi connectivity index (χ4n) is 3.00. The molecule has 0 saturated carbocycles. The minimum atomic E-state index is -0.0300. The van der Waals surface area contributed by atoms with Crippen molar-refractivity contribution < 1.29 is 9.53 Å². The van der Waals surface area contributed by atoms with Gasteiger partial charge in [0.15, 0.2) is 0 Å². The molecule has 1 fully saturated rings. The predicted octanol–water partition coefficient (Wildman–Crippen LogP) is 2.65. The van der Waals surface area contributed by atoms with E-state index in [4.69, 9.17) is 4.74 Å². The van der Waals surface area contributed by atoms with Gasteiger partial charge in [0.25, 0.3) is 0 Å². The van der Waals surface area contributed by atoms with E-state index in [-0.39, 0.29) is 18.1 Å². The van der Waals surface area contributed by atoms with Crippen molar-refractivity contribution in [3.8, 4) is 0 Å². The van der Waals surface area contributed by atoms with Gasteiger partial charge in [-0.25, -0.2) is 4.98 Å². The monoisotopic (exact) mass is 313 g/mol. The molecule has 3 rings (SSSR count). The summed E-state index contributed by atoms with van der Waals surface area (Å²) in [6, 6.07) is 10.1. The second-order valence-electron chi connectivity index (χ2n) is 6.05. The molecule has 1 aliphatic heterocycles. The molecule has 1 saturated heterocycles. The number of aromatic nitrogens is 2. The van der Waals surface area contributed by atoms with Crippen LogP contribution >= 0.6 is 0 Å². The van der Waals surface area contributed by atoms with Crippen LogP contribution in [-0.2, 0) is 16.1 Å². The number of aryl methyl sites for hydroxylation is 1. The Bertz CT molecular complexity index is 612. The lowest BCUT2D eigenvalue weighted by Crippen LogP contribution is -2.45. The van der Waals surface area contributed by atoms with Crippen molar-refractivity contribution in [2.45, 2.75) is 38.5 Å². The third-order valence-electron chi connectivity index (χ3n) is 4.15. The highest BCUT2D eigenvalue weighted by atomic mass is 16.5. The molecule has 2 aromatic rings. The number of imidazole rings is 1. The lowest BCUT2D eigenvalue weighted by Gasteiger charge is -2.37. The summed E-state index contributed by atoms with van der Waals surface area (Å²) in [4.78, 5) is 18.5. The first-order chi connectivity index (χ1) is 11.2. The summed E-state index contributed by atoms with van der Waals surface area (Å²) < 4.78 is 8.01. The number of rotatable bonds is 5. The van der Waals surface area contributed by atoms with Crippen molar-refractivity contribution in [2.75, 3.05) is 13.1 Å². The van der Waals surface area contributed by atoms with Gasteiger partial charge >= 0.3 is 0 Å². The average molecular weight is 313 g/mol. The maximum Gasteiger partial charge on any atom is 0.222 e. The number of nitrogens with zero attached hydrogens (tertiary/aromatic N) is 3. The Hall–Kier alpha value is -2.14. The normalized spacial score (nSPS) is 21.3. The second kappa shape index (κ2) is 7.42.